The zero-order valence-electron chi connectivity index (χ0n) is 17.7. The predicted molar refractivity (Wildman–Crippen MR) is 125 cm³/mol. The summed E-state index contributed by atoms with van der Waals surface area (Å²) in [4.78, 5) is 38.4. The van der Waals surface area contributed by atoms with Crippen LogP contribution >= 0.6 is 11.8 Å². The third kappa shape index (κ3) is 5.68. The fraction of sp³-hybridized carbons (Fsp3) is 0.0800. The Morgan fingerprint density at radius 1 is 0.971 bits per heavy atom. The lowest BCUT2D eigenvalue weighted by atomic mass is 10.1. The van der Waals surface area contributed by atoms with Crippen LogP contribution in [0.2, 0.25) is 0 Å². The van der Waals surface area contributed by atoms with E-state index in [9.17, 15) is 23.2 Å². The van der Waals surface area contributed by atoms with Crippen molar-refractivity contribution in [1.82, 2.24) is 4.90 Å². The van der Waals surface area contributed by atoms with Crippen molar-refractivity contribution in [1.29, 1.82) is 0 Å². The van der Waals surface area contributed by atoms with Gasteiger partial charge in [-0.05, 0) is 59.8 Å². The van der Waals surface area contributed by atoms with Gasteiger partial charge in [0.1, 0.15) is 30.5 Å². The smallest absolute Gasteiger partial charge is 0.294 e. The zero-order valence-corrected chi connectivity index (χ0v) is 18.5. The topological polar surface area (TPSA) is 75.7 Å². The van der Waals surface area contributed by atoms with E-state index in [4.69, 9.17) is 4.74 Å². The second-order valence-corrected chi connectivity index (χ2v) is 8.27. The van der Waals surface area contributed by atoms with Crippen molar-refractivity contribution in [3.8, 4) is 5.75 Å². The van der Waals surface area contributed by atoms with E-state index in [1.165, 1.54) is 36.4 Å². The molecule has 3 amide bonds. The Labute approximate surface area is 198 Å². The van der Waals surface area contributed by atoms with E-state index in [2.05, 4.69) is 5.32 Å². The van der Waals surface area contributed by atoms with Crippen molar-refractivity contribution in [2.75, 3.05) is 11.9 Å². The number of benzene rings is 3. The molecule has 0 spiro atoms. The van der Waals surface area contributed by atoms with Crippen molar-refractivity contribution in [3.05, 3.63) is 100 Å². The molecule has 4 rings (SSSR count). The van der Waals surface area contributed by atoms with Gasteiger partial charge in [-0.3, -0.25) is 19.3 Å². The molecule has 1 aliphatic heterocycles. The first-order valence-electron chi connectivity index (χ1n) is 10.2. The molecule has 1 saturated heterocycles. The molecular formula is C25H18F2N2O4S. The average molecular weight is 480 g/mol. The van der Waals surface area contributed by atoms with Gasteiger partial charge in [-0.25, -0.2) is 8.78 Å². The maximum absolute atomic E-state index is 13.3. The van der Waals surface area contributed by atoms with E-state index in [0.717, 1.165) is 16.5 Å². The molecule has 1 heterocycles. The van der Waals surface area contributed by atoms with E-state index < -0.39 is 29.4 Å². The predicted octanol–water partition coefficient (Wildman–Crippen LogP) is 5.22. The van der Waals surface area contributed by atoms with Crippen LogP contribution in [0, 0.1) is 11.6 Å². The van der Waals surface area contributed by atoms with Gasteiger partial charge in [0, 0.05) is 11.3 Å². The Balaban J connectivity index is 1.44. The maximum Gasteiger partial charge on any atom is 0.294 e. The number of nitrogens with zero attached hydrogens (tertiary/aromatic N) is 1. The van der Waals surface area contributed by atoms with E-state index in [1.807, 2.05) is 0 Å². The third-order valence-corrected chi connectivity index (χ3v) is 5.70. The minimum atomic E-state index is -0.628. The van der Waals surface area contributed by atoms with Crippen molar-refractivity contribution >= 4 is 40.6 Å². The second-order valence-electron chi connectivity index (χ2n) is 7.28. The molecule has 34 heavy (non-hydrogen) atoms. The number of anilines is 1. The number of carbonyl (C=O) groups excluding carboxylic acids is 3. The molecular weight excluding hydrogens is 462 g/mol. The van der Waals surface area contributed by atoms with Gasteiger partial charge in [-0.1, -0.05) is 36.4 Å². The van der Waals surface area contributed by atoms with Gasteiger partial charge >= 0.3 is 0 Å². The van der Waals surface area contributed by atoms with Crippen LogP contribution < -0.4 is 10.1 Å². The van der Waals surface area contributed by atoms with Gasteiger partial charge in [-0.2, -0.15) is 0 Å². The highest BCUT2D eigenvalue weighted by Crippen LogP contribution is 2.34. The number of rotatable bonds is 7. The highest BCUT2D eigenvalue weighted by atomic mass is 32.2. The molecule has 3 aromatic carbocycles. The largest absolute Gasteiger partial charge is 0.488 e. The number of imide groups is 1. The lowest BCUT2D eigenvalue weighted by Crippen LogP contribution is -2.36. The normalized spacial score (nSPS) is 14.5. The van der Waals surface area contributed by atoms with Crippen molar-refractivity contribution in [3.63, 3.8) is 0 Å². The fourth-order valence-corrected chi connectivity index (χ4v) is 3.99. The molecule has 9 heteroatoms. The van der Waals surface area contributed by atoms with Crippen molar-refractivity contribution in [2.45, 2.75) is 6.61 Å². The van der Waals surface area contributed by atoms with E-state index >= 15 is 0 Å². The number of halogens is 2. The first-order valence-corrected chi connectivity index (χ1v) is 11.0. The Kier molecular flexibility index (Phi) is 7.03. The molecule has 3 aromatic rings. The Morgan fingerprint density at radius 2 is 1.74 bits per heavy atom. The summed E-state index contributed by atoms with van der Waals surface area (Å²) in [5.74, 6) is -1.63. The number of para-hydroxylation sites is 1. The first-order chi connectivity index (χ1) is 16.4. The molecule has 1 fully saturated rings. The molecule has 0 atom stereocenters. The van der Waals surface area contributed by atoms with Crippen LogP contribution in [-0.4, -0.2) is 28.5 Å². The van der Waals surface area contributed by atoms with Crippen LogP contribution in [0.5, 0.6) is 5.75 Å². The minimum Gasteiger partial charge on any atom is -0.488 e. The van der Waals surface area contributed by atoms with E-state index in [1.54, 1.807) is 36.4 Å². The molecule has 0 radical (unpaired) electrons. The lowest BCUT2D eigenvalue weighted by Gasteiger charge is -2.12. The van der Waals surface area contributed by atoms with Gasteiger partial charge in [0.15, 0.2) is 0 Å². The number of amides is 3. The minimum absolute atomic E-state index is 0.140. The number of thioether (sulfide) groups is 1. The Bertz CT molecular complexity index is 1280. The van der Waals surface area contributed by atoms with Gasteiger partial charge < -0.3 is 10.1 Å². The molecule has 6 nitrogen and oxygen atoms in total. The number of ether oxygens (including phenoxy) is 1. The SMILES string of the molecule is O=C(CN1C(=O)S/C(=C/c2ccccc2OCc2ccc(F)cc2)C1=O)Nc1cccc(F)c1. The molecule has 0 saturated carbocycles. The molecule has 1 aliphatic rings. The molecule has 0 bridgehead atoms. The Morgan fingerprint density at radius 3 is 2.50 bits per heavy atom. The summed E-state index contributed by atoms with van der Waals surface area (Å²) in [7, 11) is 0. The van der Waals surface area contributed by atoms with E-state index in [0.29, 0.717) is 23.1 Å². The van der Waals surface area contributed by atoms with Crippen LogP contribution in [0.25, 0.3) is 6.08 Å². The standard InChI is InChI=1S/C25H18F2N2O4S/c26-18-10-8-16(9-11-18)15-33-21-7-2-1-4-17(21)12-22-24(31)29(25(32)34-22)14-23(30)28-20-6-3-5-19(27)13-20/h1-13H,14-15H2,(H,28,30)/b22-12+. The fourth-order valence-electron chi connectivity index (χ4n) is 3.16. The summed E-state index contributed by atoms with van der Waals surface area (Å²) in [6.45, 7) is -0.311. The van der Waals surface area contributed by atoms with Crippen LogP contribution in [-0.2, 0) is 16.2 Å². The monoisotopic (exact) mass is 480 g/mol. The summed E-state index contributed by atoms with van der Waals surface area (Å²) in [5.41, 5.74) is 1.56. The third-order valence-electron chi connectivity index (χ3n) is 4.80. The summed E-state index contributed by atoms with van der Waals surface area (Å²) < 4.78 is 32.2. The molecule has 172 valence electrons. The average Bonchev–Trinajstić information content (AvgIpc) is 3.07. The molecule has 0 aliphatic carbocycles. The summed E-state index contributed by atoms with van der Waals surface area (Å²) in [5, 5.41) is 1.88. The Hall–Kier alpha value is -3.98. The molecule has 0 aromatic heterocycles. The van der Waals surface area contributed by atoms with E-state index in [-0.39, 0.29) is 23.0 Å². The number of carbonyl (C=O) groups is 3. The number of nitrogens with one attached hydrogen (secondary N) is 1. The maximum atomic E-state index is 13.3. The summed E-state index contributed by atoms with van der Waals surface area (Å²) >= 11 is 0.713. The molecule has 1 N–H and O–H groups in total. The van der Waals surface area contributed by atoms with Gasteiger partial charge in [-0.15, -0.1) is 0 Å². The molecule has 0 unspecified atom stereocenters. The van der Waals surface area contributed by atoms with Gasteiger partial charge in [0.05, 0.1) is 4.91 Å². The van der Waals surface area contributed by atoms with Crippen LogP contribution in [0.4, 0.5) is 19.3 Å². The number of hydrogen-bond donors (Lipinski definition) is 1. The second kappa shape index (κ2) is 10.3. The zero-order chi connectivity index (χ0) is 24.1. The first kappa shape index (κ1) is 23.2. The van der Waals surface area contributed by atoms with Gasteiger partial charge in [0.25, 0.3) is 11.1 Å². The van der Waals surface area contributed by atoms with Crippen molar-refractivity contribution in [2.24, 2.45) is 0 Å². The lowest BCUT2D eigenvalue weighted by molar-refractivity contribution is -0.127. The summed E-state index contributed by atoms with van der Waals surface area (Å²) in [6.07, 6.45) is 1.52. The summed E-state index contributed by atoms with van der Waals surface area (Å²) in [6, 6.07) is 18.2. The number of hydrogen-bond acceptors (Lipinski definition) is 5. The van der Waals surface area contributed by atoms with Crippen LogP contribution in [0.3, 0.4) is 0 Å². The highest BCUT2D eigenvalue weighted by Gasteiger charge is 2.36. The quantitative estimate of drug-likeness (QED) is 0.470. The highest BCUT2D eigenvalue weighted by molar-refractivity contribution is 8.18. The van der Waals surface area contributed by atoms with Crippen molar-refractivity contribution < 1.29 is 27.9 Å². The van der Waals surface area contributed by atoms with Gasteiger partial charge in [0.2, 0.25) is 5.91 Å². The van der Waals surface area contributed by atoms with Crippen LogP contribution in [0.15, 0.2) is 77.7 Å². The van der Waals surface area contributed by atoms with Crippen LogP contribution in [0.1, 0.15) is 11.1 Å².